The third kappa shape index (κ3) is 4470. The van der Waals surface area contributed by atoms with Gasteiger partial charge in [0.2, 0.25) is 0 Å². The van der Waals surface area contributed by atoms with Gasteiger partial charge in [0, 0.05) is 22.4 Å². The van der Waals surface area contributed by atoms with E-state index >= 15 is 0 Å². The average Bonchev–Trinajstić information content (AvgIpc) is 0.811. The van der Waals surface area contributed by atoms with Crippen molar-refractivity contribution in [3.05, 3.63) is 10.1 Å². The Morgan fingerprint density at radius 2 is 1.57 bits per heavy atom. The zero-order valence-corrected chi connectivity index (χ0v) is 4.70. The normalized spacial score (nSPS) is 3.43. The number of hydrogen-bond donors (Lipinski definition) is 2. The maximum absolute atomic E-state index is 8.36. The van der Waals surface area contributed by atoms with Crippen molar-refractivity contribution in [1.82, 2.24) is 6.15 Å². The second kappa shape index (κ2) is 16.9. The van der Waals surface area contributed by atoms with Crippen LogP contribution in [0.25, 0.3) is 0 Å². The molecule has 0 bridgehead atoms. The van der Waals surface area contributed by atoms with Crippen LogP contribution in [0.15, 0.2) is 0 Å². The summed E-state index contributed by atoms with van der Waals surface area (Å²) in [5.74, 6) is 0. The van der Waals surface area contributed by atoms with E-state index in [1.54, 1.807) is 0 Å². The Bertz CT molecular complexity index is 32.7. The molecule has 0 rings (SSSR count). The quantitative estimate of drug-likeness (QED) is 0.298. The molecule has 0 heterocycles. The third-order valence-corrected chi connectivity index (χ3v) is 0. The first-order chi connectivity index (χ1) is 1.73. The van der Waals surface area contributed by atoms with Gasteiger partial charge in [-0.3, -0.25) is 0 Å². The Balaban J connectivity index is -0.0000000150. The van der Waals surface area contributed by atoms with E-state index in [0.29, 0.717) is 0 Å². The molecule has 0 aliphatic rings. The van der Waals surface area contributed by atoms with Crippen LogP contribution in [0.3, 0.4) is 0 Å². The van der Waals surface area contributed by atoms with E-state index in [2.05, 4.69) is 0 Å². The second-order valence-electron chi connectivity index (χ2n) is 0.238. The Morgan fingerprint density at radius 1 is 1.57 bits per heavy atom. The largest absolute Gasteiger partial charge is 0.412 e. The molecule has 1 radical (unpaired) electrons. The van der Waals surface area contributed by atoms with E-state index in [1.807, 2.05) is 0 Å². The van der Waals surface area contributed by atoms with Gasteiger partial charge >= 0.3 is 0 Å². The van der Waals surface area contributed by atoms with Crippen LogP contribution in [0.2, 0.25) is 0 Å². The SMILES string of the molecule is N.O.O=[N+]([O-])O.[Ag]. The Hall–Kier alpha value is -0.140. The first-order valence-corrected chi connectivity index (χ1v) is 0.565. The minimum absolute atomic E-state index is 0. The van der Waals surface area contributed by atoms with Crippen molar-refractivity contribution < 1.29 is 38.2 Å². The van der Waals surface area contributed by atoms with E-state index in [4.69, 9.17) is 15.3 Å². The topological polar surface area (TPSA) is 130 Å². The third-order valence-electron chi connectivity index (χ3n) is 0. The summed E-state index contributed by atoms with van der Waals surface area (Å²) < 4.78 is 0. The molecule has 6 nitrogen and oxygen atoms in total. The molecular weight excluding hydrogens is 200 g/mol. The Kier molecular flexibility index (Phi) is 69.6. The van der Waals surface area contributed by atoms with E-state index in [0.717, 1.165) is 0 Å². The van der Waals surface area contributed by atoms with Crippen molar-refractivity contribution in [2.45, 2.75) is 0 Å². The van der Waals surface area contributed by atoms with E-state index < -0.39 is 5.09 Å². The zero-order valence-electron chi connectivity index (χ0n) is 3.22. The molecule has 0 fully saturated rings. The second-order valence-corrected chi connectivity index (χ2v) is 0.238. The maximum Gasteiger partial charge on any atom is 0.291 e. The van der Waals surface area contributed by atoms with Crippen LogP contribution in [0.4, 0.5) is 0 Å². The summed E-state index contributed by atoms with van der Waals surface area (Å²) in [7, 11) is 0. The van der Waals surface area contributed by atoms with Crippen LogP contribution in [-0.4, -0.2) is 15.8 Å². The number of nitrogens with zero attached hydrogens (tertiary/aromatic N) is 1. The summed E-state index contributed by atoms with van der Waals surface area (Å²) in [6.45, 7) is 0. The first-order valence-electron chi connectivity index (χ1n) is 0.565. The molecule has 6 N–H and O–H groups in total. The van der Waals surface area contributed by atoms with Crippen molar-refractivity contribution in [3.8, 4) is 0 Å². The molecule has 0 aliphatic heterocycles. The van der Waals surface area contributed by atoms with Crippen LogP contribution in [0, 0.1) is 10.1 Å². The molecule has 0 aliphatic carbocycles. The Morgan fingerprint density at radius 3 is 1.57 bits per heavy atom. The molecule has 7 heavy (non-hydrogen) atoms. The van der Waals surface area contributed by atoms with Crippen molar-refractivity contribution in [2.24, 2.45) is 0 Å². The molecule has 0 aromatic heterocycles. The van der Waals surface area contributed by atoms with Gasteiger partial charge in [-0.25, -0.2) is 0 Å². The van der Waals surface area contributed by atoms with Crippen molar-refractivity contribution in [1.29, 1.82) is 0 Å². The van der Waals surface area contributed by atoms with Gasteiger partial charge in [-0.2, -0.15) is 0 Å². The van der Waals surface area contributed by atoms with Gasteiger partial charge in [0.1, 0.15) is 0 Å². The molecule has 51 valence electrons. The van der Waals surface area contributed by atoms with Crippen LogP contribution >= 0.6 is 0 Å². The molecule has 0 saturated carbocycles. The van der Waals surface area contributed by atoms with Gasteiger partial charge in [0.15, 0.2) is 0 Å². The molecule has 0 amide bonds. The molecule has 0 aromatic rings. The fourth-order valence-corrected chi connectivity index (χ4v) is 0. The molecule has 7 heteroatoms. The summed E-state index contributed by atoms with van der Waals surface area (Å²) in [5.41, 5.74) is 0. The molecule has 0 atom stereocenters. The van der Waals surface area contributed by atoms with Gasteiger partial charge in [-0.05, 0) is 0 Å². The van der Waals surface area contributed by atoms with Crippen LogP contribution in [0.1, 0.15) is 0 Å². The summed E-state index contributed by atoms with van der Waals surface area (Å²) in [6, 6.07) is 0. The van der Waals surface area contributed by atoms with Crippen molar-refractivity contribution in [3.63, 3.8) is 0 Å². The standard InChI is InChI=1S/Ag.HNO3.H3N.H2O/c;2-1(3)4;;/h;(H,2,3,4);1H3;1H2. The van der Waals surface area contributed by atoms with Crippen LogP contribution in [-0.2, 0) is 22.4 Å². The zero-order chi connectivity index (χ0) is 3.58. The van der Waals surface area contributed by atoms with Gasteiger partial charge in [0.25, 0.3) is 5.09 Å². The minimum Gasteiger partial charge on any atom is -0.412 e. The predicted octanol–water partition coefficient (Wildman–Crippen LogP) is -1.01. The Labute approximate surface area is 55.0 Å². The summed E-state index contributed by atoms with van der Waals surface area (Å²) in [5, 5.41) is 13.6. The van der Waals surface area contributed by atoms with Crippen LogP contribution in [0.5, 0.6) is 0 Å². The number of hydrogen-bond acceptors (Lipinski definition) is 3. The molecule has 0 unspecified atom stereocenters. The van der Waals surface area contributed by atoms with Gasteiger partial charge < -0.3 is 16.8 Å². The maximum atomic E-state index is 8.36. The summed E-state index contributed by atoms with van der Waals surface area (Å²) >= 11 is 0. The fraction of sp³-hybridized carbons (Fsp3) is 0. The van der Waals surface area contributed by atoms with E-state index in [-0.39, 0.29) is 34.0 Å². The average molecular weight is 206 g/mol. The summed E-state index contributed by atoms with van der Waals surface area (Å²) in [4.78, 5) is 8.36. The summed E-state index contributed by atoms with van der Waals surface area (Å²) in [6.07, 6.45) is 0. The predicted molar refractivity (Wildman–Crippen MR) is 17.4 cm³/mol. The van der Waals surface area contributed by atoms with Crippen LogP contribution < -0.4 is 6.15 Å². The van der Waals surface area contributed by atoms with E-state index in [9.17, 15) is 0 Å². The van der Waals surface area contributed by atoms with E-state index in [1.165, 1.54) is 0 Å². The number of rotatable bonds is 0. The molecule has 0 spiro atoms. The first kappa shape index (κ1) is 28.8. The van der Waals surface area contributed by atoms with Gasteiger partial charge in [-0.1, -0.05) is 0 Å². The smallest absolute Gasteiger partial charge is 0.291 e. The van der Waals surface area contributed by atoms with Gasteiger partial charge in [-0.15, -0.1) is 10.1 Å². The fourth-order valence-electron chi connectivity index (χ4n) is 0. The molecule has 0 aromatic carbocycles. The molecule has 0 saturated heterocycles. The minimum atomic E-state index is -1.50. The van der Waals surface area contributed by atoms with Crippen molar-refractivity contribution >= 4 is 0 Å². The molecular formula is H6AgN2O4. The monoisotopic (exact) mass is 205 g/mol. The van der Waals surface area contributed by atoms with Gasteiger partial charge in [0.05, 0.1) is 0 Å². The van der Waals surface area contributed by atoms with Crippen molar-refractivity contribution in [2.75, 3.05) is 0 Å².